The Morgan fingerprint density at radius 2 is 1.92 bits per heavy atom. The predicted molar refractivity (Wildman–Crippen MR) is 40.6 cm³/mol. The Morgan fingerprint density at radius 3 is 2.33 bits per heavy atom. The molecular formula is C6H3F2NO2S. The maximum atomic E-state index is 12.4. The highest BCUT2D eigenvalue weighted by atomic mass is 32.1. The summed E-state index contributed by atoms with van der Waals surface area (Å²) in [5.41, 5.74) is -0.716. The molecule has 6 heteroatoms. The number of hydrogen-bond acceptors (Lipinski definition) is 2. The second kappa shape index (κ2) is 4.01. The number of hydrogen-bond donors (Lipinski definition) is 0. The zero-order chi connectivity index (χ0) is 8.43. The van der Waals surface area contributed by atoms with Crippen LogP contribution in [-0.4, -0.2) is 4.92 Å². The molecule has 1 aromatic carbocycles. The summed E-state index contributed by atoms with van der Waals surface area (Å²) in [4.78, 5) is 9.07. The smallest absolute Gasteiger partial charge is 0.258 e. The van der Waals surface area contributed by atoms with Crippen LogP contribution < -0.4 is 0 Å². The molecule has 12 heavy (non-hydrogen) atoms. The number of nitro groups is 1. The molecule has 0 unspecified atom stereocenters. The Morgan fingerprint density at radius 1 is 1.33 bits per heavy atom. The van der Waals surface area contributed by atoms with Crippen LogP contribution in [0.3, 0.4) is 0 Å². The lowest BCUT2D eigenvalue weighted by molar-refractivity contribution is -0.387. The van der Waals surface area contributed by atoms with Crippen LogP contribution in [-0.2, 0) is 0 Å². The molecule has 0 amide bonds. The maximum Gasteiger partial charge on any atom is 0.304 e. The highest BCUT2D eigenvalue weighted by molar-refractivity contribution is 7.59. The molecule has 0 aromatic heterocycles. The highest BCUT2D eigenvalue weighted by Gasteiger charge is 2.12. The number of nitrogens with zero attached hydrogens (tertiary/aromatic N) is 1. The fourth-order valence-electron chi connectivity index (χ4n) is 0.629. The molecule has 0 bridgehead atoms. The number of rotatable bonds is 1. The lowest BCUT2D eigenvalue weighted by Gasteiger charge is -1.91. The van der Waals surface area contributed by atoms with Crippen molar-refractivity contribution in [2.45, 2.75) is 0 Å². The zero-order valence-electron chi connectivity index (χ0n) is 5.66. The largest absolute Gasteiger partial charge is 0.304 e. The Kier molecular flexibility index (Phi) is 3.62. The van der Waals surface area contributed by atoms with Crippen LogP contribution in [0.2, 0.25) is 0 Å². The molecule has 0 heterocycles. The van der Waals surface area contributed by atoms with Gasteiger partial charge >= 0.3 is 5.69 Å². The summed E-state index contributed by atoms with van der Waals surface area (Å²) >= 11 is 0. The van der Waals surface area contributed by atoms with E-state index in [1.807, 2.05) is 0 Å². The first-order valence-electron chi connectivity index (χ1n) is 2.70. The van der Waals surface area contributed by atoms with Gasteiger partial charge in [0.2, 0.25) is 5.82 Å². The van der Waals surface area contributed by atoms with Crippen LogP contribution in [0.4, 0.5) is 14.5 Å². The van der Waals surface area contributed by atoms with Gasteiger partial charge < -0.3 is 0 Å². The van der Waals surface area contributed by atoms with Crippen LogP contribution in [0, 0.1) is 21.7 Å². The summed E-state index contributed by atoms with van der Waals surface area (Å²) in [7, 11) is 0. The van der Waals surface area contributed by atoms with Gasteiger partial charge in [0, 0.05) is 25.6 Å². The summed E-state index contributed by atoms with van der Waals surface area (Å²) < 4.78 is 24.6. The van der Waals surface area contributed by atoms with Gasteiger partial charge in [0.1, 0.15) is 5.82 Å². The molecule has 0 saturated heterocycles. The van der Waals surface area contributed by atoms with Crippen molar-refractivity contribution in [2.24, 2.45) is 0 Å². The van der Waals surface area contributed by atoms with Gasteiger partial charge in [-0.15, -0.1) is 0 Å². The summed E-state index contributed by atoms with van der Waals surface area (Å²) in [6, 6.07) is 2.09. The first kappa shape index (κ1) is 10.8. The van der Waals surface area contributed by atoms with Gasteiger partial charge in [0.15, 0.2) is 0 Å². The van der Waals surface area contributed by atoms with Crippen molar-refractivity contribution in [3.05, 3.63) is 39.9 Å². The fourth-order valence-corrected chi connectivity index (χ4v) is 0.629. The Balaban J connectivity index is 0.00000121. The summed E-state index contributed by atoms with van der Waals surface area (Å²) in [6.45, 7) is 0. The van der Waals surface area contributed by atoms with E-state index < -0.39 is 22.2 Å². The highest BCUT2D eigenvalue weighted by Crippen LogP contribution is 2.16. The van der Waals surface area contributed by atoms with Crippen molar-refractivity contribution in [1.29, 1.82) is 0 Å². The van der Waals surface area contributed by atoms with E-state index in [1.54, 1.807) is 0 Å². The second-order valence-corrected chi connectivity index (χ2v) is 1.85. The molecule has 0 saturated carbocycles. The quantitative estimate of drug-likeness (QED) is 0.505. The van der Waals surface area contributed by atoms with Crippen LogP contribution in [0.1, 0.15) is 0 Å². The average Bonchev–Trinajstić information content (AvgIpc) is 1.85. The molecule has 0 spiro atoms. The molecule has 64 valence electrons. The van der Waals surface area contributed by atoms with E-state index in [9.17, 15) is 18.9 Å². The lowest BCUT2D eigenvalue weighted by Crippen LogP contribution is -1.92. The molecule has 0 aliphatic heterocycles. The van der Waals surface area contributed by atoms with Gasteiger partial charge in [-0.25, -0.2) is 4.39 Å². The van der Waals surface area contributed by atoms with Gasteiger partial charge in [0.25, 0.3) is 0 Å². The minimum atomic E-state index is -1.16. The third-order valence-electron chi connectivity index (χ3n) is 1.11. The van der Waals surface area contributed by atoms with E-state index in [4.69, 9.17) is 0 Å². The van der Waals surface area contributed by atoms with Crippen molar-refractivity contribution in [2.75, 3.05) is 0 Å². The van der Waals surface area contributed by atoms with Crippen LogP contribution >= 0.6 is 13.5 Å². The minimum absolute atomic E-state index is 0. The zero-order valence-corrected chi connectivity index (χ0v) is 6.48. The molecule has 0 N–H and O–H groups in total. The first-order chi connectivity index (χ1) is 5.11. The van der Waals surface area contributed by atoms with Crippen molar-refractivity contribution in [1.82, 2.24) is 0 Å². The molecule has 0 aliphatic rings. The van der Waals surface area contributed by atoms with Crippen molar-refractivity contribution < 1.29 is 13.7 Å². The Labute approximate surface area is 73.6 Å². The van der Waals surface area contributed by atoms with E-state index in [0.29, 0.717) is 6.07 Å². The predicted octanol–water partition coefficient (Wildman–Crippen LogP) is 2.52. The summed E-state index contributed by atoms with van der Waals surface area (Å²) in [5, 5.41) is 9.98. The third-order valence-corrected chi connectivity index (χ3v) is 1.11. The average molecular weight is 191 g/mol. The summed E-state index contributed by atoms with van der Waals surface area (Å²) in [5.74, 6) is -1.98. The van der Waals surface area contributed by atoms with Crippen LogP contribution in [0.5, 0.6) is 0 Å². The molecule has 2 radical (unpaired) electrons. The number of benzene rings is 1. The third kappa shape index (κ3) is 2.16. The van der Waals surface area contributed by atoms with Crippen molar-refractivity contribution in [3.8, 4) is 0 Å². The van der Waals surface area contributed by atoms with Gasteiger partial charge in [-0.2, -0.15) is 4.39 Å². The Bertz CT molecular complexity index is 306. The molecule has 1 rings (SSSR count). The number of halogens is 2. The summed E-state index contributed by atoms with van der Waals surface area (Å²) in [6.07, 6.45) is 0. The van der Waals surface area contributed by atoms with Gasteiger partial charge in [-0.3, -0.25) is 10.1 Å². The maximum absolute atomic E-state index is 12.4. The molecule has 1 aromatic rings. The Hall–Kier alpha value is -1.17. The number of nitro benzene ring substituents is 1. The van der Waals surface area contributed by atoms with E-state index in [0.717, 1.165) is 12.1 Å². The topological polar surface area (TPSA) is 43.1 Å². The monoisotopic (exact) mass is 191 g/mol. The van der Waals surface area contributed by atoms with Gasteiger partial charge in [0.05, 0.1) is 4.92 Å². The molecular weight excluding hydrogens is 188 g/mol. The second-order valence-electron chi connectivity index (χ2n) is 1.85. The normalized spacial score (nSPS) is 8.83. The van der Waals surface area contributed by atoms with E-state index in [2.05, 4.69) is 0 Å². The van der Waals surface area contributed by atoms with Crippen LogP contribution in [0.25, 0.3) is 0 Å². The molecule has 0 aliphatic carbocycles. The van der Waals surface area contributed by atoms with Crippen molar-refractivity contribution >= 4 is 19.2 Å². The fraction of sp³-hybridized carbons (Fsp3) is 0. The van der Waals surface area contributed by atoms with Gasteiger partial charge in [-0.05, 0) is 6.07 Å². The first-order valence-corrected chi connectivity index (χ1v) is 2.70. The molecule has 0 fully saturated rings. The molecule has 0 atom stereocenters. The van der Waals surface area contributed by atoms with E-state index in [-0.39, 0.29) is 13.5 Å². The van der Waals surface area contributed by atoms with E-state index in [1.165, 1.54) is 0 Å². The van der Waals surface area contributed by atoms with E-state index >= 15 is 0 Å². The van der Waals surface area contributed by atoms with Crippen LogP contribution in [0.15, 0.2) is 18.2 Å². The minimum Gasteiger partial charge on any atom is -0.258 e. The standard InChI is InChI=1S/C6H3F2NO2.S/c7-4-1-2-6(9(10)11)5(8)3-4;/h1-3H;. The van der Waals surface area contributed by atoms with Crippen molar-refractivity contribution in [3.63, 3.8) is 0 Å². The lowest BCUT2D eigenvalue weighted by atomic mass is 10.3. The SMILES string of the molecule is O=[N+]([O-])c1ccc(F)cc1F.[S]. The van der Waals surface area contributed by atoms with Gasteiger partial charge in [-0.1, -0.05) is 0 Å². The molecule has 3 nitrogen and oxygen atoms in total.